The van der Waals surface area contributed by atoms with Crippen molar-refractivity contribution in [3.05, 3.63) is 59.9 Å². The van der Waals surface area contributed by atoms with E-state index >= 15 is 0 Å². The fourth-order valence-corrected chi connectivity index (χ4v) is 2.17. The molecule has 0 atom stereocenters. The second kappa shape index (κ2) is 8.39. The predicted molar refractivity (Wildman–Crippen MR) is 85.0 cm³/mol. The van der Waals surface area contributed by atoms with Gasteiger partial charge in [0.05, 0.1) is 6.61 Å². The average molecular weight is 285 g/mol. The number of benzene rings is 1. The molecule has 0 saturated heterocycles. The minimum Gasteiger partial charge on any atom is -0.494 e. The molecule has 1 aromatic heterocycles. The zero-order valence-corrected chi connectivity index (χ0v) is 12.5. The molecule has 4 nitrogen and oxygen atoms in total. The van der Waals surface area contributed by atoms with Crippen LogP contribution in [0.15, 0.2) is 48.8 Å². The van der Waals surface area contributed by atoms with Crippen molar-refractivity contribution in [1.82, 2.24) is 9.88 Å². The molecule has 4 heteroatoms. The number of nitrogens with zero attached hydrogens (tertiary/aromatic N) is 2. The van der Waals surface area contributed by atoms with Crippen LogP contribution in [-0.2, 0) is 13.1 Å². The van der Waals surface area contributed by atoms with Gasteiger partial charge in [0.1, 0.15) is 5.75 Å². The third-order valence-corrected chi connectivity index (χ3v) is 3.26. The molecule has 0 bridgehead atoms. The highest BCUT2D eigenvalue weighted by atomic mass is 16.5. The lowest BCUT2D eigenvalue weighted by Crippen LogP contribution is -2.20. The van der Waals surface area contributed by atoms with Crippen LogP contribution in [0.3, 0.4) is 0 Å². The Balaban J connectivity index is 1.67. The largest absolute Gasteiger partial charge is 0.494 e. The van der Waals surface area contributed by atoms with Crippen LogP contribution < -0.4 is 10.5 Å². The summed E-state index contributed by atoms with van der Waals surface area (Å²) >= 11 is 0. The van der Waals surface area contributed by atoms with E-state index in [0.717, 1.165) is 30.8 Å². The van der Waals surface area contributed by atoms with Gasteiger partial charge < -0.3 is 15.4 Å². The fraction of sp³-hybridized carbons (Fsp3) is 0.353. The molecule has 0 aliphatic carbocycles. The Kier molecular flexibility index (Phi) is 6.19. The van der Waals surface area contributed by atoms with Crippen molar-refractivity contribution in [2.45, 2.75) is 19.5 Å². The highest BCUT2D eigenvalue weighted by Crippen LogP contribution is 2.13. The Bertz CT molecular complexity index is 531. The van der Waals surface area contributed by atoms with Crippen molar-refractivity contribution < 1.29 is 4.74 Å². The standard InChI is InChI=1S/C17H23N3O/c1-20(14-16-6-3-8-19-13-16)9-4-10-21-17-7-2-5-15(11-17)12-18/h2-3,5-8,11,13H,4,9-10,12,14,18H2,1H3. The van der Waals surface area contributed by atoms with E-state index in [1.807, 2.05) is 36.5 Å². The Hall–Kier alpha value is -1.91. The summed E-state index contributed by atoms with van der Waals surface area (Å²) in [4.78, 5) is 6.40. The average Bonchev–Trinajstić information content (AvgIpc) is 2.53. The lowest BCUT2D eigenvalue weighted by molar-refractivity contribution is 0.258. The lowest BCUT2D eigenvalue weighted by atomic mass is 10.2. The van der Waals surface area contributed by atoms with Crippen molar-refractivity contribution in [3.63, 3.8) is 0 Å². The van der Waals surface area contributed by atoms with E-state index in [1.165, 1.54) is 5.56 Å². The van der Waals surface area contributed by atoms with Crippen LogP contribution in [0.25, 0.3) is 0 Å². The minimum absolute atomic E-state index is 0.547. The maximum atomic E-state index is 5.75. The van der Waals surface area contributed by atoms with Crippen LogP contribution >= 0.6 is 0 Å². The summed E-state index contributed by atoms with van der Waals surface area (Å²) < 4.78 is 5.75. The van der Waals surface area contributed by atoms with Crippen LogP contribution in [0.4, 0.5) is 0 Å². The zero-order valence-electron chi connectivity index (χ0n) is 12.5. The number of rotatable bonds is 8. The van der Waals surface area contributed by atoms with E-state index in [9.17, 15) is 0 Å². The highest BCUT2D eigenvalue weighted by molar-refractivity contribution is 5.28. The van der Waals surface area contributed by atoms with Gasteiger partial charge in [-0.1, -0.05) is 18.2 Å². The first-order valence-electron chi connectivity index (χ1n) is 7.27. The Labute approximate surface area is 126 Å². The van der Waals surface area contributed by atoms with Gasteiger partial charge in [-0.2, -0.15) is 0 Å². The molecule has 21 heavy (non-hydrogen) atoms. The van der Waals surface area contributed by atoms with Crippen molar-refractivity contribution >= 4 is 0 Å². The maximum Gasteiger partial charge on any atom is 0.119 e. The predicted octanol–water partition coefficient (Wildman–Crippen LogP) is 2.44. The summed E-state index contributed by atoms with van der Waals surface area (Å²) in [6.07, 6.45) is 4.70. The molecule has 112 valence electrons. The van der Waals surface area contributed by atoms with Gasteiger partial charge in [-0.3, -0.25) is 4.98 Å². The first kappa shape index (κ1) is 15.5. The topological polar surface area (TPSA) is 51.4 Å². The van der Waals surface area contributed by atoms with Crippen LogP contribution in [0.5, 0.6) is 5.75 Å². The molecule has 2 aromatic rings. The van der Waals surface area contributed by atoms with Gasteiger partial charge in [-0.15, -0.1) is 0 Å². The maximum absolute atomic E-state index is 5.75. The van der Waals surface area contributed by atoms with E-state index < -0.39 is 0 Å². The molecule has 0 aliphatic heterocycles. The second-order valence-electron chi connectivity index (χ2n) is 5.15. The molecule has 1 aromatic carbocycles. The molecule has 0 spiro atoms. The highest BCUT2D eigenvalue weighted by Gasteiger charge is 2.01. The second-order valence-corrected chi connectivity index (χ2v) is 5.15. The normalized spacial score (nSPS) is 10.8. The summed E-state index contributed by atoms with van der Waals surface area (Å²) in [6, 6.07) is 12.0. The molecular formula is C17H23N3O. The number of nitrogens with two attached hydrogens (primary N) is 1. The molecule has 0 aliphatic rings. The first-order valence-corrected chi connectivity index (χ1v) is 7.27. The van der Waals surface area contributed by atoms with Crippen molar-refractivity contribution in [1.29, 1.82) is 0 Å². The molecule has 0 radical (unpaired) electrons. The Morgan fingerprint density at radius 2 is 2.05 bits per heavy atom. The summed E-state index contributed by atoms with van der Waals surface area (Å²) in [5, 5.41) is 0. The van der Waals surface area contributed by atoms with E-state index in [-0.39, 0.29) is 0 Å². The van der Waals surface area contributed by atoms with Crippen molar-refractivity contribution in [2.24, 2.45) is 5.73 Å². The SMILES string of the molecule is CN(CCCOc1cccc(CN)c1)Cc1cccnc1. The van der Waals surface area contributed by atoms with Gasteiger partial charge in [0, 0.05) is 32.0 Å². The van der Waals surface area contributed by atoms with Crippen LogP contribution in [-0.4, -0.2) is 30.1 Å². The first-order chi connectivity index (χ1) is 10.3. The molecule has 0 fully saturated rings. The third kappa shape index (κ3) is 5.53. The fourth-order valence-electron chi connectivity index (χ4n) is 2.17. The summed E-state index contributed by atoms with van der Waals surface area (Å²) in [5.41, 5.74) is 7.95. The number of pyridine rings is 1. The zero-order chi connectivity index (χ0) is 14.9. The molecule has 0 saturated carbocycles. The molecule has 0 unspecified atom stereocenters. The molecule has 2 rings (SSSR count). The van der Waals surface area contributed by atoms with Gasteiger partial charge in [-0.05, 0) is 42.8 Å². The quantitative estimate of drug-likeness (QED) is 0.757. The number of aromatic nitrogens is 1. The van der Waals surface area contributed by atoms with Gasteiger partial charge in [-0.25, -0.2) is 0 Å². The third-order valence-electron chi connectivity index (χ3n) is 3.26. The Morgan fingerprint density at radius 3 is 2.81 bits per heavy atom. The number of ether oxygens (including phenoxy) is 1. The van der Waals surface area contributed by atoms with Gasteiger partial charge in [0.15, 0.2) is 0 Å². The van der Waals surface area contributed by atoms with Crippen molar-refractivity contribution in [3.8, 4) is 5.75 Å². The van der Waals surface area contributed by atoms with Crippen LogP contribution in [0, 0.1) is 0 Å². The van der Waals surface area contributed by atoms with Crippen LogP contribution in [0.1, 0.15) is 17.5 Å². The van der Waals surface area contributed by atoms with E-state index in [4.69, 9.17) is 10.5 Å². The molecular weight excluding hydrogens is 262 g/mol. The molecule has 2 N–H and O–H groups in total. The van der Waals surface area contributed by atoms with E-state index in [2.05, 4.69) is 23.0 Å². The Morgan fingerprint density at radius 1 is 1.19 bits per heavy atom. The van der Waals surface area contributed by atoms with Crippen molar-refractivity contribution in [2.75, 3.05) is 20.2 Å². The van der Waals surface area contributed by atoms with Gasteiger partial charge in [0.25, 0.3) is 0 Å². The van der Waals surface area contributed by atoms with Gasteiger partial charge in [0.2, 0.25) is 0 Å². The number of hydrogen-bond donors (Lipinski definition) is 1. The van der Waals surface area contributed by atoms with Crippen LogP contribution in [0.2, 0.25) is 0 Å². The summed E-state index contributed by atoms with van der Waals surface area (Å²) in [6.45, 7) is 3.17. The summed E-state index contributed by atoms with van der Waals surface area (Å²) in [5.74, 6) is 0.896. The summed E-state index contributed by atoms with van der Waals surface area (Å²) in [7, 11) is 2.11. The molecule has 1 heterocycles. The van der Waals surface area contributed by atoms with E-state index in [0.29, 0.717) is 13.2 Å². The van der Waals surface area contributed by atoms with Gasteiger partial charge >= 0.3 is 0 Å². The number of hydrogen-bond acceptors (Lipinski definition) is 4. The minimum atomic E-state index is 0.547. The molecule has 0 amide bonds. The van der Waals surface area contributed by atoms with E-state index in [1.54, 1.807) is 6.20 Å². The smallest absolute Gasteiger partial charge is 0.119 e. The monoisotopic (exact) mass is 285 g/mol. The lowest BCUT2D eigenvalue weighted by Gasteiger charge is -2.16.